The van der Waals surface area contributed by atoms with E-state index in [1.807, 2.05) is 19.2 Å². The second-order valence-electron chi connectivity index (χ2n) is 5.61. The summed E-state index contributed by atoms with van der Waals surface area (Å²) in [6.07, 6.45) is 3.54. The van der Waals surface area contributed by atoms with Crippen LogP contribution in [0.3, 0.4) is 0 Å². The van der Waals surface area contributed by atoms with E-state index in [1.165, 1.54) is 11.3 Å². The highest BCUT2D eigenvalue weighted by molar-refractivity contribution is 7.09. The molecule has 7 heteroatoms. The largest absolute Gasteiger partial charge is 0.481 e. The third-order valence-electron chi connectivity index (χ3n) is 3.51. The monoisotopic (exact) mass is 297 g/mol. The molecule has 1 fully saturated rings. The van der Waals surface area contributed by atoms with Gasteiger partial charge in [0.2, 0.25) is 0 Å². The minimum atomic E-state index is -0.780. The fourth-order valence-corrected chi connectivity index (χ4v) is 3.15. The summed E-state index contributed by atoms with van der Waals surface area (Å²) in [5.74, 6) is -1.12. The Hall–Kier alpha value is -1.63. The Kier molecular flexibility index (Phi) is 4.27. The second kappa shape index (κ2) is 5.78. The van der Waals surface area contributed by atoms with E-state index in [2.05, 4.69) is 15.6 Å². The summed E-state index contributed by atoms with van der Waals surface area (Å²) in [7, 11) is 0. The highest BCUT2D eigenvalue weighted by Gasteiger charge is 2.32. The Morgan fingerprint density at radius 1 is 1.45 bits per heavy atom. The first-order valence-electron chi connectivity index (χ1n) is 6.60. The lowest BCUT2D eigenvalue weighted by atomic mass is 10.1. The van der Waals surface area contributed by atoms with E-state index in [0.717, 1.165) is 5.01 Å². The molecular weight excluding hydrogens is 278 g/mol. The molecular formula is C13H19N3O3S. The molecule has 3 N–H and O–H groups in total. The smallest absolute Gasteiger partial charge is 0.315 e. The topological polar surface area (TPSA) is 91.3 Å². The molecule has 1 aromatic rings. The minimum Gasteiger partial charge on any atom is -0.481 e. The molecule has 1 aliphatic rings. The van der Waals surface area contributed by atoms with Crippen molar-refractivity contribution in [3.8, 4) is 0 Å². The zero-order chi connectivity index (χ0) is 14.8. The van der Waals surface area contributed by atoms with Crippen LogP contribution in [-0.4, -0.2) is 28.1 Å². The van der Waals surface area contributed by atoms with Gasteiger partial charge in [-0.05, 0) is 33.1 Å². The van der Waals surface area contributed by atoms with Crippen molar-refractivity contribution in [1.29, 1.82) is 0 Å². The van der Waals surface area contributed by atoms with Crippen LogP contribution in [0, 0.1) is 5.92 Å². The molecule has 20 heavy (non-hydrogen) atoms. The highest BCUT2D eigenvalue weighted by atomic mass is 32.1. The number of amides is 2. The summed E-state index contributed by atoms with van der Waals surface area (Å²) in [5.41, 5.74) is -0.539. The molecule has 1 aliphatic carbocycles. The van der Waals surface area contributed by atoms with Gasteiger partial charge in [-0.2, -0.15) is 0 Å². The van der Waals surface area contributed by atoms with Crippen molar-refractivity contribution in [3.63, 3.8) is 0 Å². The van der Waals surface area contributed by atoms with Crippen molar-refractivity contribution in [2.24, 2.45) is 5.92 Å². The number of carboxylic acid groups (broad SMARTS) is 1. The molecule has 0 bridgehead atoms. The average molecular weight is 297 g/mol. The van der Waals surface area contributed by atoms with Gasteiger partial charge in [0, 0.05) is 17.6 Å². The van der Waals surface area contributed by atoms with Crippen LogP contribution in [0.2, 0.25) is 0 Å². The van der Waals surface area contributed by atoms with Crippen molar-refractivity contribution in [1.82, 2.24) is 15.6 Å². The third-order valence-corrected chi connectivity index (χ3v) is 4.61. The fraction of sp³-hybridized carbons (Fsp3) is 0.615. The molecule has 2 unspecified atom stereocenters. The lowest BCUT2D eigenvalue weighted by molar-refractivity contribution is -0.141. The molecule has 110 valence electrons. The van der Waals surface area contributed by atoms with Crippen LogP contribution in [0.5, 0.6) is 0 Å². The van der Waals surface area contributed by atoms with Crippen molar-refractivity contribution >= 4 is 23.3 Å². The van der Waals surface area contributed by atoms with Crippen molar-refractivity contribution < 1.29 is 14.7 Å². The number of carboxylic acids is 1. The van der Waals surface area contributed by atoms with Crippen LogP contribution >= 0.6 is 11.3 Å². The predicted octanol–water partition coefficient (Wildman–Crippen LogP) is 1.93. The Bertz CT molecular complexity index is 487. The Morgan fingerprint density at radius 2 is 2.20 bits per heavy atom. The summed E-state index contributed by atoms with van der Waals surface area (Å²) in [6.45, 7) is 3.78. The second-order valence-corrected chi connectivity index (χ2v) is 6.50. The van der Waals surface area contributed by atoms with Gasteiger partial charge in [0.15, 0.2) is 0 Å². The molecule has 0 aromatic carbocycles. The maximum absolute atomic E-state index is 12.0. The summed E-state index contributed by atoms with van der Waals surface area (Å²) in [5, 5.41) is 17.4. The maximum Gasteiger partial charge on any atom is 0.315 e. The van der Waals surface area contributed by atoms with Gasteiger partial charge in [0.05, 0.1) is 11.5 Å². The molecule has 1 saturated carbocycles. The number of hydrogen-bond donors (Lipinski definition) is 3. The fourth-order valence-electron chi connectivity index (χ4n) is 2.43. The molecule has 0 saturated heterocycles. The summed E-state index contributed by atoms with van der Waals surface area (Å²) in [4.78, 5) is 27.1. The van der Waals surface area contributed by atoms with Gasteiger partial charge in [0.1, 0.15) is 5.01 Å². The number of hydrogen-bond acceptors (Lipinski definition) is 4. The number of thiazole rings is 1. The van der Waals surface area contributed by atoms with Crippen LogP contribution < -0.4 is 10.6 Å². The first-order chi connectivity index (χ1) is 9.38. The van der Waals surface area contributed by atoms with Crippen LogP contribution in [0.4, 0.5) is 4.79 Å². The normalized spacial score (nSPS) is 22.5. The van der Waals surface area contributed by atoms with Crippen LogP contribution in [0.25, 0.3) is 0 Å². The highest BCUT2D eigenvalue weighted by Crippen LogP contribution is 2.26. The lowest BCUT2D eigenvalue weighted by Gasteiger charge is -2.25. The first kappa shape index (κ1) is 14.8. The van der Waals surface area contributed by atoms with Crippen LogP contribution in [-0.2, 0) is 10.3 Å². The molecule has 2 amide bonds. The van der Waals surface area contributed by atoms with Gasteiger partial charge in [-0.1, -0.05) is 0 Å². The van der Waals surface area contributed by atoms with Gasteiger partial charge in [-0.15, -0.1) is 11.3 Å². The molecule has 2 rings (SSSR count). The molecule has 6 nitrogen and oxygen atoms in total. The number of rotatable bonds is 4. The third kappa shape index (κ3) is 3.47. The van der Waals surface area contributed by atoms with Gasteiger partial charge < -0.3 is 15.7 Å². The maximum atomic E-state index is 12.0. The Morgan fingerprint density at radius 3 is 2.75 bits per heavy atom. The van der Waals surface area contributed by atoms with Gasteiger partial charge in [-0.25, -0.2) is 9.78 Å². The van der Waals surface area contributed by atoms with Crippen molar-refractivity contribution in [2.75, 3.05) is 0 Å². The van der Waals surface area contributed by atoms with Crippen molar-refractivity contribution in [2.45, 2.75) is 44.7 Å². The first-order valence-corrected chi connectivity index (χ1v) is 7.48. The van der Waals surface area contributed by atoms with Gasteiger partial charge in [0.25, 0.3) is 0 Å². The van der Waals surface area contributed by atoms with Crippen LogP contribution in [0.1, 0.15) is 38.1 Å². The number of urea groups is 1. The minimum absolute atomic E-state index is 0.0665. The molecule has 1 aromatic heterocycles. The van der Waals surface area contributed by atoms with Crippen molar-refractivity contribution in [3.05, 3.63) is 16.6 Å². The van der Waals surface area contributed by atoms with E-state index >= 15 is 0 Å². The number of nitrogens with zero attached hydrogens (tertiary/aromatic N) is 1. The molecule has 0 spiro atoms. The van der Waals surface area contributed by atoms with Crippen LogP contribution in [0.15, 0.2) is 11.6 Å². The molecule has 1 heterocycles. The van der Waals surface area contributed by atoms with E-state index in [-0.39, 0.29) is 18.0 Å². The summed E-state index contributed by atoms with van der Waals surface area (Å²) in [6, 6.07) is -0.343. The van der Waals surface area contributed by atoms with E-state index < -0.39 is 11.5 Å². The lowest BCUT2D eigenvalue weighted by Crippen LogP contribution is -2.49. The van der Waals surface area contributed by atoms with Gasteiger partial charge in [-0.3, -0.25) is 4.79 Å². The number of carbonyl (C=O) groups is 2. The average Bonchev–Trinajstić information content (AvgIpc) is 2.97. The van der Waals surface area contributed by atoms with E-state index in [1.54, 1.807) is 6.20 Å². The quantitative estimate of drug-likeness (QED) is 0.792. The Balaban J connectivity index is 1.86. The number of aromatic nitrogens is 1. The molecule has 0 aliphatic heterocycles. The van der Waals surface area contributed by atoms with E-state index in [9.17, 15) is 9.59 Å². The molecule has 0 radical (unpaired) electrons. The number of nitrogens with one attached hydrogen (secondary N) is 2. The Labute approximate surface area is 121 Å². The van der Waals surface area contributed by atoms with E-state index in [4.69, 9.17) is 5.11 Å². The molecule has 2 atom stereocenters. The summed E-state index contributed by atoms with van der Waals surface area (Å²) < 4.78 is 0. The van der Waals surface area contributed by atoms with E-state index in [0.29, 0.717) is 19.3 Å². The van der Waals surface area contributed by atoms with Gasteiger partial charge >= 0.3 is 12.0 Å². The predicted molar refractivity (Wildman–Crippen MR) is 75.6 cm³/mol. The standard InChI is InChI=1S/C13H19N3O3S/c1-13(2,11-14-5-6-20-11)16-12(19)15-9-4-3-8(7-9)10(17)18/h5-6,8-9H,3-4,7H2,1-2H3,(H,17,18)(H2,15,16,19). The zero-order valence-electron chi connectivity index (χ0n) is 11.5. The zero-order valence-corrected chi connectivity index (χ0v) is 12.4. The summed E-state index contributed by atoms with van der Waals surface area (Å²) >= 11 is 1.49. The number of aliphatic carboxylic acids is 1. The SMILES string of the molecule is CC(C)(NC(=O)NC1CCC(C(=O)O)C1)c1nccs1. The number of carbonyl (C=O) groups excluding carboxylic acids is 1.